The summed E-state index contributed by atoms with van der Waals surface area (Å²) in [5.41, 5.74) is -0.520. The first-order valence-electron chi connectivity index (χ1n) is 5.05. The largest absolute Gasteiger partial charge is 0.444 e. The third-order valence-electron chi connectivity index (χ3n) is 1.89. The molecule has 1 rings (SSSR count). The highest BCUT2D eigenvalue weighted by Gasteiger charge is 2.28. The van der Waals surface area contributed by atoms with Crippen molar-refractivity contribution < 1.29 is 14.3 Å². The van der Waals surface area contributed by atoms with Gasteiger partial charge in [0.2, 0.25) is 5.91 Å². The fraction of sp³-hybridized carbons (Fsp3) is 0.800. The molecule has 86 valence electrons. The minimum Gasteiger partial charge on any atom is -0.444 e. The molecule has 1 heterocycles. The van der Waals surface area contributed by atoms with E-state index in [0.717, 1.165) is 0 Å². The zero-order chi connectivity index (χ0) is 11.6. The standard InChI is InChI=1S/C10H18N2O3/c1-7-5-12(6-8(13)11-7)9(14)15-10(2,3)4/h7H,5-6H2,1-4H3,(H,11,13)/t7-/m1/s1. The topological polar surface area (TPSA) is 58.6 Å². The minimum absolute atomic E-state index is 0.0150. The van der Waals surface area contributed by atoms with Crippen molar-refractivity contribution in [3.63, 3.8) is 0 Å². The maximum atomic E-state index is 11.6. The van der Waals surface area contributed by atoms with Crippen molar-refractivity contribution in [2.45, 2.75) is 39.3 Å². The van der Waals surface area contributed by atoms with Crippen LogP contribution in [0.25, 0.3) is 0 Å². The molecule has 0 spiro atoms. The minimum atomic E-state index is -0.520. The highest BCUT2D eigenvalue weighted by atomic mass is 16.6. The number of amides is 2. The zero-order valence-corrected chi connectivity index (χ0v) is 9.66. The Morgan fingerprint density at radius 3 is 2.60 bits per heavy atom. The molecule has 0 aromatic rings. The normalized spacial score (nSPS) is 22.3. The van der Waals surface area contributed by atoms with Crippen molar-refractivity contribution in [2.75, 3.05) is 13.1 Å². The summed E-state index contributed by atoms with van der Waals surface area (Å²) in [6.07, 6.45) is -0.427. The Labute approximate surface area is 89.8 Å². The Morgan fingerprint density at radius 2 is 2.13 bits per heavy atom. The molecule has 0 aliphatic carbocycles. The van der Waals surface area contributed by atoms with Crippen LogP contribution in [0.2, 0.25) is 0 Å². The first-order chi connectivity index (χ1) is 6.78. The van der Waals surface area contributed by atoms with E-state index in [1.165, 1.54) is 4.90 Å². The molecule has 5 heteroatoms. The summed E-state index contributed by atoms with van der Waals surface area (Å²) in [5, 5.41) is 2.74. The number of ether oxygens (including phenoxy) is 1. The Morgan fingerprint density at radius 1 is 1.53 bits per heavy atom. The SMILES string of the molecule is C[C@@H]1CN(C(=O)OC(C)(C)C)CC(=O)N1. The van der Waals surface area contributed by atoms with Gasteiger partial charge in [-0.2, -0.15) is 0 Å². The van der Waals surface area contributed by atoms with E-state index >= 15 is 0 Å². The van der Waals surface area contributed by atoms with E-state index in [0.29, 0.717) is 6.54 Å². The molecule has 0 unspecified atom stereocenters. The smallest absolute Gasteiger partial charge is 0.410 e. The van der Waals surface area contributed by atoms with E-state index in [1.54, 1.807) is 20.8 Å². The summed E-state index contributed by atoms with van der Waals surface area (Å²) in [6, 6.07) is -0.0150. The first kappa shape index (κ1) is 11.8. The molecule has 1 aliphatic heterocycles. The number of carbonyl (C=O) groups excluding carboxylic acids is 2. The van der Waals surface area contributed by atoms with Gasteiger partial charge in [-0.15, -0.1) is 0 Å². The van der Waals surface area contributed by atoms with Crippen molar-refractivity contribution in [2.24, 2.45) is 0 Å². The van der Waals surface area contributed by atoms with Crippen molar-refractivity contribution in [3.05, 3.63) is 0 Å². The van der Waals surface area contributed by atoms with Crippen LogP contribution in [-0.4, -0.2) is 41.6 Å². The van der Waals surface area contributed by atoms with E-state index in [1.807, 2.05) is 6.92 Å². The Balaban J connectivity index is 2.56. The van der Waals surface area contributed by atoms with Crippen LogP contribution >= 0.6 is 0 Å². The maximum absolute atomic E-state index is 11.6. The fourth-order valence-electron chi connectivity index (χ4n) is 1.40. The predicted molar refractivity (Wildman–Crippen MR) is 55.4 cm³/mol. The highest BCUT2D eigenvalue weighted by Crippen LogP contribution is 2.11. The number of carbonyl (C=O) groups is 2. The average molecular weight is 214 g/mol. The molecule has 15 heavy (non-hydrogen) atoms. The van der Waals surface area contributed by atoms with Gasteiger partial charge in [-0.25, -0.2) is 4.79 Å². The van der Waals surface area contributed by atoms with Gasteiger partial charge >= 0.3 is 6.09 Å². The number of nitrogens with one attached hydrogen (secondary N) is 1. The number of nitrogens with zero attached hydrogens (tertiary/aromatic N) is 1. The van der Waals surface area contributed by atoms with Crippen LogP contribution < -0.4 is 5.32 Å². The van der Waals surface area contributed by atoms with Crippen molar-refractivity contribution in [1.29, 1.82) is 0 Å². The Bertz CT molecular complexity index is 270. The molecule has 0 aromatic carbocycles. The number of hydrogen-bond donors (Lipinski definition) is 1. The lowest BCUT2D eigenvalue weighted by atomic mass is 10.2. The third kappa shape index (κ3) is 3.77. The van der Waals surface area contributed by atoms with Gasteiger partial charge in [0.05, 0.1) is 0 Å². The van der Waals surface area contributed by atoms with Crippen LogP contribution in [0, 0.1) is 0 Å². The molecule has 0 radical (unpaired) electrons. The average Bonchev–Trinajstić information content (AvgIpc) is 1.98. The van der Waals surface area contributed by atoms with Crippen molar-refractivity contribution >= 4 is 12.0 Å². The summed E-state index contributed by atoms with van der Waals surface area (Å²) in [6.45, 7) is 7.85. The zero-order valence-electron chi connectivity index (χ0n) is 9.66. The molecular weight excluding hydrogens is 196 g/mol. The summed E-state index contributed by atoms with van der Waals surface area (Å²) in [4.78, 5) is 24.2. The van der Waals surface area contributed by atoms with Crippen molar-refractivity contribution in [1.82, 2.24) is 10.2 Å². The van der Waals surface area contributed by atoms with Gasteiger partial charge in [0.1, 0.15) is 12.1 Å². The highest BCUT2D eigenvalue weighted by molar-refractivity contribution is 5.83. The van der Waals surface area contributed by atoms with Gasteiger partial charge in [0.25, 0.3) is 0 Å². The second-order valence-electron chi connectivity index (χ2n) is 4.83. The molecule has 1 atom stereocenters. The molecule has 1 saturated heterocycles. The molecule has 0 saturated carbocycles. The molecule has 1 fully saturated rings. The van der Waals surface area contributed by atoms with Crippen LogP contribution in [0.1, 0.15) is 27.7 Å². The molecule has 2 amide bonds. The predicted octanol–water partition coefficient (Wildman–Crippen LogP) is 0.742. The quantitative estimate of drug-likeness (QED) is 0.647. The lowest BCUT2D eigenvalue weighted by Crippen LogP contribution is -2.55. The van der Waals surface area contributed by atoms with Crippen LogP contribution in [-0.2, 0) is 9.53 Å². The van der Waals surface area contributed by atoms with Crippen LogP contribution in [0.15, 0.2) is 0 Å². The van der Waals surface area contributed by atoms with Crippen LogP contribution in [0.3, 0.4) is 0 Å². The van der Waals surface area contributed by atoms with Crippen LogP contribution in [0.5, 0.6) is 0 Å². The van der Waals surface area contributed by atoms with E-state index in [9.17, 15) is 9.59 Å². The molecular formula is C10H18N2O3. The van der Waals surface area contributed by atoms with Crippen LogP contribution in [0.4, 0.5) is 4.79 Å². The molecule has 1 N–H and O–H groups in total. The Hall–Kier alpha value is -1.26. The van der Waals surface area contributed by atoms with E-state index in [-0.39, 0.29) is 18.5 Å². The summed E-state index contributed by atoms with van der Waals surface area (Å²) >= 11 is 0. The van der Waals surface area contributed by atoms with Gasteiger partial charge in [0, 0.05) is 12.6 Å². The number of rotatable bonds is 0. The van der Waals surface area contributed by atoms with Gasteiger partial charge in [0.15, 0.2) is 0 Å². The van der Waals surface area contributed by atoms with E-state index < -0.39 is 11.7 Å². The molecule has 0 aromatic heterocycles. The summed E-state index contributed by atoms with van der Waals surface area (Å²) in [7, 11) is 0. The summed E-state index contributed by atoms with van der Waals surface area (Å²) in [5.74, 6) is -0.139. The third-order valence-corrected chi connectivity index (χ3v) is 1.89. The monoisotopic (exact) mass is 214 g/mol. The number of piperazine rings is 1. The lowest BCUT2D eigenvalue weighted by Gasteiger charge is -2.32. The lowest BCUT2D eigenvalue weighted by molar-refractivity contribution is -0.125. The Kier molecular flexibility index (Phi) is 3.21. The van der Waals surface area contributed by atoms with E-state index in [2.05, 4.69) is 5.32 Å². The molecule has 1 aliphatic rings. The molecule has 0 bridgehead atoms. The first-order valence-corrected chi connectivity index (χ1v) is 5.05. The fourth-order valence-corrected chi connectivity index (χ4v) is 1.40. The molecule has 5 nitrogen and oxygen atoms in total. The van der Waals surface area contributed by atoms with Gasteiger partial charge in [-0.1, -0.05) is 0 Å². The van der Waals surface area contributed by atoms with Gasteiger partial charge < -0.3 is 10.1 Å². The maximum Gasteiger partial charge on any atom is 0.410 e. The number of hydrogen-bond acceptors (Lipinski definition) is 3. The second-order valence-corrected chi connectivity index (χ2v) is 4.83. The van der Waals surface area contributed by atoms with E-state index in [4.69, 9.17) is 4.74 Å². The summed E-state index contributed by atoms with van der Waals surface area (Å²) < 4.78 is 5.18. The van der Waals surface area contributed by atoms with Gasteiger partial charge in [-0.05, 0) is 27.7 Å². The van der Waals surface area contributed by atoms with Crippen molar-refractivity contribution in [3.8, 4) is 0 Å². The second kappa shape index (κ2) is 4.08. The van der Waals surface area contributed by atoms with Gasteiger partial charge in [-0.3, -0.25) is 9.69 Å².